The maximum absolute atomic E-state index is 11.8. The zero-order valence-corrected chi connectivity index (χ0v) is 9.58. The third kappa shape index (κ3) is 2.36. The van der Waals surface area contributed by atoms with Gasteiger partial charge in [0.2, 0.25) is 0 Å². The molecule has 0 fully saturated rings. The van der Waals surface area contributed by atoms with Gasteiger partial charge in [0.1, 0.15) is 0 Å². The van der Waals surface area contributed by atoms with Crippen LogP contribution in [0.3, 0.4) is 0 Å². The lowest BCUT2D eigenvalue weighted by Crippen LogP contribution is -1.96. The molecule has 0 aliphatic heterocycles. The van der Waals surface area contributed by atoms with Crippen LogP contribution in [0.1, 0.15) is 0 Å². The van der Waals surface area contributed by atoms with Crippen molar-refractivity contribution >= 4 is 32.9 Å². The Morgan fingerprint density at radius 3 is 2.38 bits per heavy atom. The molecule has 0 heterocycles. The van der Waals surface area contributed by atoms with Crippen molar-refractivity contribution in [2.24, 2.45) is 4.36 Å². The highest BCUT2D eigenvalue weighted by Gasteiger charge is 2.06. The van der Waals surface area contributed by atoms with E-state index in [-0.39, 0.29) is 0 Å². The van der Waals surface area contributed by atoms with E-state index in [2.05, 4.69) is 4.36 Å². The fourth-order valence-electron chi connectivity index (χ4n) is 0.818. The standard InChI is InChI=1S/C8H9Cl2NOS/c1-11-13(2,12)6-3-4-7(9)8(10)5-6/h3-5H,1-2H3. The largest absolute Gasteiger partial charge is 0.245 e. The fourth-order valence-corrected chi connectivity index (χ4v) is 2.05. The summed E-state index contributed by atoms with van der Waals surface area (Å²) in [6.45, 7) is 0. The van der Waals surface area contributed by atoms with Crippen molar-refractivity contribution in [1.29, 1.82) is 0 Å². The molecule has 13 heavy (non-hydrogen) atoms. The van der Waals surface area contributed by atoms with E-state index in [4.69, 9.17) is 23.2 Å². The number of nitrogens with zero attached hydrogens (tertiary/aromatic N) is 1. The Morgan fingerprint density at radius 1 is 1.31 bits per heavy atom. The van der Waals surface area contributed by atoms with Gasteiger partial charge in [0.05, 0.1) is 19.8 Å². The highest BCUT2D eigenvalue weighted by Crippen LogP contribution is 2.25. The Morgan fingerprint density at radius 2 is 1.92 bits per heavy atom. The molecular weight excluding hydrogens is 229 g/mol. The van der Waals surface area contributed by atoms with Gasteiger partial charge >= 0.3 is 0 Å². The van der Waals surface area contributed by atoms with Gasteiger partial charge in [0.15, 0.2) is 0 Å². The summed E-state index contributed by atoms with van der Waals surface area (Å²) >= 11 is 11.5. The van der Waals surface area contributed by atoms with Crippen LogP contribution in [0.4, 0.5) is 0 Å². The monoisotopic (exact) mass is 237 g/mol. The van der Waals surface area contributed by atoms with E-state index in [1.54, 1.807) is 24.5 Å². The molecule has 72 valence electrons. The Labute approximate surface area is 88.0 Å². The van der Waals surface area contributed by atoms with Crippen molar-refractivity contribution in [3.63, 3.8) is 0 Å². The smallest absolute Gasteiger partial charge is 0.0720 e. The first-order chi connectivity index (χ1) is 5.97. The Hall–Kier alpha value is -0.250. The van der Waals surface area contributed by atoms with E-state index in [0.29, 0.717) is 14.9 Å². The molecule has 5 heteroatoms. The molecule has 0 aliphatic rings. The molecule has 0 aromatic heterocycles. The summed E-state index contributed by atoms with van der Waals surface area (Å²) < 4.78 is 15.5. The fraction of sp³-hybridized carbons (Fsp3) is 0.250. The summed E-state index contributed by atoms with van der Waals surface area (Å²) in [5, 5.41) is 0.856. The zero-order valence-electron chi connectivity index (χ0n) is 7.25. The molecule has 0 bridgehead atoms. The normalized spacial score (nSPS) is 15.1. The van der Waals surface area contributed by atoms with Crippen LogP contribution in [0.5, 0.6) is 0 Å². The van der Waals surface area contributed by atoms with E-state index in [1.807, 2.05) is 0 Å². The Kier molecular flexibility index (Phi) is 3.22. The quantitative estimate of drug-likeness (QED) is 0.739. The molecule has 1 aromatic carbocycles. The Bertz CT molecular complexity index is 436. The lowest BCUT2D eigenvalue weighted by atomic mass is 10.4. The minimum atomic E-state index is -2.31. The van der Waals surface area contributed by atoms with Crippen LogP contribution in [-0.4, -0.2) is 17.5 Å². The average molecular weight is 238 g/mol. The van der Waals surface area contributed by atoms with Crippen LogP contribution < -0.4 is 0 Å². The minimum absolute atomic E-state index is 0.400. The summed E-state index contributed by atoms with van der Waals surface area (Å²) in [6, 6.07) is 4.87. The van der Waals surface area contributed by atoms with Crippen molar-refractivity contribution in [1.82, 2.24) is 0 Å². The van der Waals surface area contributed by atoms with Crippen molar-refractivity contribution in [3.05, 3.63) is 28.2 Å². The lowest BCUT2D eigenvalue weighted by Gasteiger charge is -2.03. The average Bonchev–Trinajstić information content (AvgIpc) is 2.09. The van der Waals surface area contributed by atoms with Gasteiger partial charge in [-0.25, -0.2) is 8.57 Å². The second-order valence-electron chi connectivity index (χ2n) is 2.56. The van der Waals surface area contributed by atoms with E-state index in [0.717, 1.165) is 0 Å². The molecule has 0 aliphatic carbocycles. The van der Waals surface area contributed by atoms with E-state index < -0.39 is 9.73 Å². The van der Waals surface area contributed by atoms with Crippen molar-refractivity contribution < 1.29 is 4.21 Å². The van der Waals surface area contributed by atoms with Gasteiger partial charge in [0, 0.05) is 18.2 Å². The van der Waals surface area contributed by atoms with Crippen LogP contribution >= 0.6 is 23.2 Å². The molecule has 1 atom stereocenters. The number of rotatable bonds is 1. The van der Waals surface area contributed by atoms with Crippen LogP contribution in [-0.2, 0) is 9.73 Å². The van der Waals surface area contributed by atoms with Gasteiger partial charge < -0.3 is 0 Å². The summed E-state index contributed by atoms with van der Waals surface area (Å²) in [6.07, 6.45) is 1.56. The second kappa shape index (κ2) is 3.86. The first kappa shape index (κ1) is 10.8. The molecule has 1 unspecified atom stereocenters. The van der Waals surface area contributed by atoms with Crippen LogP contribution in [0.2, 0.25) is 10.0 Å². The van der Waals surface area contributed by atoms with E-state index >= 15 is 0 Å². The summed E-state index contributed by atoms with van der Waals surface area (Å²) in [4.78, 5) is 0.601. The SMILES string of the molecule is CN=S(C)(=O)c1ccc(Cl)c(Cl)c1. The highest BCUT2D eigenvalue weighted by molar-refractivity contribution is 7.93. The number of hydrogen-bond donors (Lipinski definition) is 0. The topological polar surface area (TPSA) is 29.4 Å². The molecule has 0 N–H and O–H groups in total. The number of halogens is 2. The van der Waals surface area contributed by atoms with Crippen molar-refractivity contribution in [2.45, 2.75) is 4.90 Å². The molecule has 1 aromatic rings. The van der Waals surface area contributed by atoms with Gasteiger partial charge in [-0.1, -0.05) is 23.2 Å². The zero-order chi connectivity index (χ0) is 10.1. The molecule has 2 nitrogen and oxygen atoms in total. The molecule has 0 radical (unpaired) electrons. The first-order valence-electron chi connectivity index (χ1n) is 3.52. The van der Waals surface area contributed by atoms with Crippen LogP contribution in [0, 0.1) is 0 Å². The molecule has 0 spiro atoms. The second-order valence-corrected chi connectivity index (χ2v) is 5.82. The maximum Gasteiger partial charge on any atom is 0.0720 e. The van der Waals surface area contributed by atoms with E-state index in [1.165, 1.54) is 7.05 Å². The summed E-state index contributed by atoms with van der Waals surface area (Å²) in [5.74, 6) is 0. The predicted octanol–water partition coefficient (Wildman–Crippen LogP) is 3.08. The maximum atomic E-state index is 11.8. The summed E-state index contributed by atoms with van der Waals surface area (Å²) in [5.41, 5.74) is 0. The molecule has 1 rings (SSSR count). The van der Waals surface area contributed by atoms with Crippen molar-refractivity contribution in [3.8, 4) is 0 Å². The first-order valence-corrected chi connectivity index (χ1v) is 6.20. The number of hydrogen-bond acceptors (Lipinski definition) is 2. The molecule has 0 saturated heterocycles. The van der Waals surface area contributed by atoms with Gasteiger partial charge in [-0.2, -0.15) is 0 Å². The van der Waals surface area contributed by atoms with Gasteiger partial charge in [-0.05, 0) is 18.2 Å². The van der Waals surface area contributed by atoms with Gasteiger partial charge in [-0.3, -0.25) is 0 Å². The van der Waals surface area contributed by atoms with Crippen molar-refractivity contribution in [2.75, 3.05) is 13.3 Å². The number of benzene rings is 1. The molecule has 0 saturated carbocycles. The third-order valence-corrected chi connectivity index (χ3v) is 4.24. The van der Waals surface area contributed by atoms with Gasteiger partial charge in [0.25, 0.3) is 0 Å². The van der Waals surface area contributed by atoms with Gasteiger partial charge in [-0.15, -0.1) is 0 Å². The predicted molar refractivity (Wildman–Crippen MR) is 57.1 cm³/mol. The minimum Gasteiger partial charge on any atom is -0.245 e. The molecular formula is C8H9Cl2NOS. The summed E-state index contributed by atoms with van der Waals surface area (Å²) in [7, 11) is -0.787. The van der Waals surface area contributed by atoms with Crippen LogP contribution in [0.25, 0.3) is 0 Å². The van der Waals surface area contributed by atoms with Crippen LogP contribution in [0.15, 0.2) is 27.5 Å². The highest BCUT2D eigenvalue weighted by atomic mass is 35.5. The van der Waals surface area contributed by atoms with E-state index in [9.17, 15) is 4.21 Å². The lowest BCUT2D eigenvalue weighted by molar-refractivity contribution is 0.680. The molecule has 0 amide bonds. The third-order valence-electron chi connectivity index (χ3n) is 1.68. The Balaban J connectivity index is 3.36.